The number of pyridine rings is 3. The molecule has 8 heteroatoms. The SMILES string of the molecule is Cc1cc2ccccc2c2ccccc12.Cc1ccc2cc(-c3ccccc3)ccc2c1.Cc1ccc2cc3ccccc3cc2c1.Cc1ccccn1.Cc1cccnc1.Cc1ccncc1.Cc1ncccn1.Cc1ncncn1. The topological polar surface area (TPSA) is 103 Å². The molecular weight excluding hydrogens is 1000 g/mol. The van der Waals surface area contributed by atoms with Gasteiger partial charge in [0.05, 0.1) is 0 Å². The molecule has 0 aliphatic rings. The van der Waals surface area contributed by atoms with Gasteiger partial charge < -0.3 is 0 Å². The highest BCUT2D eigenvalue weighted by Gasteiger charge is 2.03. The van der Waals surface area contributed by atoms with E-state index in [2.05, 4.69) is 231 Å². The van der Waals surface area contributed by atoms with Crippen molar-refractivity contribution in [2.75, 3.05) is 0 Å². The Morgan fingerprint density at radius 3 is 1.29 bits per heavy atom. The maximum atomic E-state index is 3.98. The molecule has 8 nitrogen and oxygen atoms in total. The molecule has 0 aliphatic heterocycles. The second-order valence-electron chi connectivity index (χ2n) is 19.4. The first kappa shape index (κ1) is 59.5. The summed E-state index contributed by atoms with van der Waals surface area (Å²) in [5.74, 6) is 1.58. The smallest absolute Gasteiger partial charge is 0.128 e. The summed E-state index contributed by atoms with van der Waals surface area (Å²) in [5.41, 5.74) is 10.1. The van der Waals surface area contributed by atoms with Gasteiger partial charge in [0.2, 0.25) is 0 Å². The zero-order chi connectivity index (χ0) is 57.7. The standard InChI is InChI=1S/C17H14.2C15H12.3C6H7N.C5H6N2.C4H5N3/c1-13-7-8-17-12-16(10-9-15(17)11-13)14-5-3-2-4-6-14;1-11-10-12-6-2-3-8-14(12)15-9-5-4-7-13(11)15;1-11-6-7-14-9-12-4-2-3-5-13(12)10-15(14)8-11;1-6-2-4-7-5-3-6;1-6-3-2-4-7-5-6;1-6-4-2-3-5-7-6;1-5-6-3-2-4-7-5;1-4-6-2-5-3-7-4/h2-12H,1H3;2*2-10H,1H3;3*2-5H,1H3;2-4H,1H3;2-3H,1H3. The average Bonchev–Trinajstić information content (AvgIpc) is 3.69. The third-order valence-electron chi connectivity index (χ3n) is 12.7. The molecule has 0 N–H and O–H groups in total. The van der Waals surface area contributed by atoms with Gasteiger partial charge in [0.15, 0.2) is 0 Å². The molecule has 0 atom stereocenters. The molecule has 0 aliphatic carbocycles. The van der Waals surface area contributed by atoms with Gasteiger partial charge in [-0.25, -0.2) is 24.9 Å². The predicted octanol–water partition coefficient (Wildman–Crippen LogP) is 18.6. The van der Waals surface area contributed by atoms with Crippen molar-refractivity contribution < 1.29 is 0 Å². The normalized spacial score (nSPS) is 9.95. The molecule has 14 aromatic rings. The maximum Gasteiger partial charge on any atom is 0.128 e. The number of fused-ring (bicyclic) bond motifs is 6. The van der Waals surface area contributed by atoms with Crippen LogP contribution in [-0.2, 0) is 0 Å². The van der Waals surface area contributed by atoms with E-state index in [9.17, 15) is 0 Å². The molecule has 0 bridgehead atoms. The van der Waals surface area contributed by atoms with E-state index in [1.54, 1.807) is 43.2 Å². The van der Waals surface area contributed by atoms with Gasteiger partial charge in [-0.3, -0.25) is 15.0 Å². The molecule has 0 saturated carbocycles. The van der Waals surface area contributed by atoms with Crippen LogP contribution in [0.1, 0.15) is 45.2 Å². The summed E-state index contributed by atoms with van der Waals surface area (Å²) >= 11 is 0. The summed E-state index contributed by atoms with van der Waals surface area (Å²) in [6, 6.07) is 78.3. The van der Waals surface area contributed by atoms with Gasteiger partial charge in [0.25, 0.3) is 0 Å². The number of aromatic nitrogens is 8. The largest absolute Gasteiger partial charge is 0.265 e. The molecule has 0 fully saturated rings. The molecule has 9 aromatic carbocycles. The molecule has 0 spiro atoms. The van der Waals surface area contributed by atoms with Crippen LogP contribution in [0.25, 0.3) is 65.0 Å². The van der Waals surface area contributed by atoms with Crippen molar-refractivity contribution in [1.29, 1.82) is 0 Å². The van der Waals surface area contributed by atoms with Gasteiger partial charge in [-0.1, -0.05) is 181 Å². The van der Waals surface area contributed by atoms with Crippen molar-refractivity contribution in [3.05, 3.63) is 326 Å². The minimum absolute atomic E-state index is 0.759. The Hall–Kier alpha value is -10.2. The van der Waals surface area contributed by atoms with Crippen LogP contribution in [0, 0.1) is 55.4 Å². The van der Waals surface area contributed by atoms with Crippen LogP contribution in [-0.4, -0.2) is 39.9 Å². The molecule has 5 heterocycles. The van der Waals surface area contributed by atoms with Crippen LogP contribution in [0.2, 0.25) is 0 Å². The summed E-state index contributed by atoms with van der Waals surface area (Å²) < 4.78 is 0. The highest BCUT2D eigenvalue weighted by Crippen LogP contribution is 2.29. The quantitative estimate of drug-likeness (QED) is 0.118. The monoisotopic (exact) mass is 1070 g/mol. The molecule has 406 valence electrons. The first-order valence-electron chi connectivity index (χ1n) is 27.2. The molecular formula is C74H70N8. The third-order valence-corrected chi connectivity index (χ3v) is 12.7. The van der Waals surface area contributed by atoms with E-state index in [0.29, 0.717) is 0 Å². The third kappa shape index (κ3) is 19.6. The van der Waals surface area contributed by atoms with Crippen LogP contribution in [0.5, 0.6) is 0 Å². The average molecular weight is 1070 g/mol. The van der Waals surface area contributed by atoms with Gasteiger partial charge in [-0.05, 0) is 192 Å². The Balaban J connectivity index is 0.000000139. The zero-order valence-electron chi connectivity index (χ0n) is 48.1. The van der Waals surface area contributed by atoms with E-state index in [1.807, 2.05) is 89.3 Å². The Bertz CT molecular complexity index is 3890. The Morgan fingerprint density at radius 2 is 0.768 bits per heavy atom. The fourth-order valence-corrected chi connectivity index (χ4v) is 8.47. The van der Waals surface area contributed by atoms with Crippen molar-refractivity contribution >= 4 is 53.9 Å². The lowest BCUT2D eigenvalue weighted by Gasteiger charge is -2.06. The molecule has 0 amide bonds. The molecule has 0 unspecified atom stereocenters. The molecule has 82 heavy (non-hydrogen) atoms. The van der Waals surface area contributed by atoms with E-state index in [1.165, 1.54) is 105 Å². The summed E-state index contributed by atoms with van der Waals surface area (Å²) in [7, 11) is 0. The Morgan fingerprint density at radius 1 is 0.244 bits per heavy atom. The van der Waals surface area contributed by atoms with Crippen LogP contribution >= 0.6 is 0 Å². The number of nitrogens with zero attached hydrogens (tertiary/aromatic N) is 8. The van der Waals surface area contributed by atoms with Crippen molar-refractivity contribution in [2.24, 2.45) is 0 Å². The highest BCUT2D eigenvalue weighted by atomic mass is 15.0. The fraction of sp³-hybridized carbons (Fsp3) is 0.108. The van der Waals surface area contributed by atoms with Gasteiger partial charge >= 0.3 is 0 Å². The summed E-state index contributed by atoms with van der Waals surface area (Å²) in [5, 5.41) is 13.3. The lowest BCUT2D eigenvalue weighted by molar-refractivity contribution is 0.974. The van der Waals surface area contributed by atoms with Crippen molar-refractivity contribution in [1.82, 2.24) is 39.9 Å². The number of rotatable bonds is 1. The minimum Gasteiger partial charge on any atom is -0.265 e. The van der Waals surface area contributed by atoms with Gasteiger partial charge in [0.1, 0.15) is 24.3 Å². The minimum atomic E-state index is 0.759. The number of aryl methyl sites for hydroxylation is 8. The van der Waals surface area contributed by atoms with Gasteiger partial charge in [-0.15, -0.1) is 0 Å². The van der Waals surface area contributed by atoms with Gasteiger partial charge in [0, 0.05) is 49.1 Å². The fourth-order valence-electron chi connectivity index (χ4n) is 8.47. The molecule has 0 saturated heterocycles. The highest BCUT2D eigenvalue weighted by molar-refractivity contribution is 6.08. The zero-order valence-corrected chi connectivity index (χ0v) is 48.1. The second-order valence-corrected chi connectivity index (χ2v) is 19.4. The summed E-state index contributed by atoms with van der Waals surface area (Å²) in [6.45, 7) is 16.2. The van der Waals surface area contributed by atoms with Crippen LogP contribution in [0.15, 0.2) is 280 Å². The molecule has 0 radical (unpaired) electrons. The number of hydrogen-bond acceptors (Lipinski definition) is 8. The maximum absolute atomic E-state index is 3.98. The van der Waals surface area contributed by atoms with Crippen molar-refractivity contribution in [2.45, 2.75) is 55.4 Å². The van der Waals surface area contributed by atoms with Crippen molar-refractivity contribution in [3.8, 4) is 11.1 Å². The predicted molar refractivity (Wildman–Crippen MR) is 345 cm³/mol. The van der Waals surface area contributed by atoms with E-state index < -0.39 is 0 Å². The van der Waals surface area contributed by atoms with E-state index in [4.69, 9.17) is 0 Å². The van der Waals surface area contributed by atoms with Crippen molar-refractivity contribution in [3.63, 3.8) is 0 Å². The molecule has 14 rings (SSSR count). The van der Waals surface area contributed by atoms with Crippen LogP contribution in [0.3, 0.4) is 0 Å². The van der Waals surface area contributed by atoms with Crippen LogP contribution in [0.4, 0.5) is 0 Å². The van der Waals surface area contributed by atoms with E-state index >= 15 is 0 Å². The molecule has 5 aromatic heterocycles. The lowest BCUT2D eigenvalue weighted by Crippen LogP contribution is -1.84. The van der Waals surface area contributed by atoms with E-state index in [-0.39, 0.29) is 0 Å². The Kier molecular flexibility index (Phi) is 23.2. The number of benzene rings is 9. The lowest BCUT2D eigenvalue weighted by atomic mass is 9.98. The Labute approximate surface area is 483 Å². The van der Waals surface area contributed by atoms with E-state index in [0.717, 1.165) is 17.3 Å². The van der Waals surface area contributed by atoms with Gasteiger partial charge in [-0.2, -0.15) is 0 Å². The first-order valence-corrected chi connectivity index (χ1v) is 27.2. The second kappa shape index (κ2) is 32.0. The number of hydrogen-bond donors (Lipinski definition) is 0. The summed E-state index contributed by atoms with van der Waals surface area (Å²) in [4.78, 5) is 30.6. The van der Waals surface area contributed by atoms with Crippen LogP contribution < -0.4 is 0 Å². The summed E-state index contributed by atoms with van der Waals surface area (Å²) in [6.07, 6.45) is 15.4. The first-order chi connectivity index (χ1) is 40.0.